The Hall–Kier alpha value is -3.40. The first kappa shape index (κ1) is 22.4. The smallest absolute Gasteiger partial charge is 0.268 e. The highest BCUT2D eigenvalue weighted by atomic mass is 32.2. The topological polar surface area (TPSA) is 66.1 Å². The molecule has 5 rings (SSSR count). The molecule has 0 unspecified atom stereocenters. The van der Waals surface area contributed by atoms with Crippen LogP contribution in [0.3, 0.4) is 0 Å². The summed E-state index contributed by atoms with van der Waals surface area (Å²) in [4.78, 5) is 2.65. The summed E-state index contributed by atoms with van der Waals surface area (Å²) in [5.74, 6) is 0. The number of hydrogen-bond acceptors (Lipinski definition) is 4. The monoisotopic (exact) mass is 469 g/mol. The number of nitriles is 1. The third kappa shape index (κ3) is 3.71. The van der Waals surface area contributed by atoms with Crippen LogP contribution in [-0.4, -0.2) is 17.3 Å². The Morgan fingerprint density at radius 2 is 1.71 bits per heavy atom. The van der Waals surface area contributed by atoms with Crippen molar-refractivity contribution < 1.29 is 8.42 Å². The van der Waals surface area contributed by atoms with E-state index in [1.807, 2.05) is 50.2 Å². The number of aryl methyl sites for hydroxylation is 3. The van der Waals surface area contributed by atoms with E-state index >= 15 is 0 Å². The zero-order chi connectivity index (χ0) is 24.0. The lowest BCUT2D eigenvalue weighted by atomic mass is 9.97. The Morgan fingerprint density at radius 3 is 2.41 bits per heavy atom. The minimum Gasteiger partial charge on any atom is -0.291 e. The lowest BCUT2D eigenvalue weighted by Gasteiger charge is -2.20. The van der Waals surface area contributed by atoms with E-state index in [9.17, 15) is 13.7 Å². The largest absolute Gasteiger partial charge is 0.291 e. The molecule has 0 amide bonds. The molecule has 3 aromatic carbocycles. The maximum Gasteiger partial charge on any atom is 0.268 e. The van der Waals surface area contributed by atoms with E-state index < -0.39 is 10.0 Å². The molecule has 1 aliphatic rings. The Balaban J connectivity index is 1.57. The third-order valence-electron chi connectivity index (χ3n) is 6.79. The lowest BCUT2D eigenvalue weighted by molar-refractivity contribution is 0.276. The van der Waals surface area contributed by atoms with Crippen LogP contribution in [0, 0.1) is 25.2 Å². The van der Waals surface area contributed by atoms with Gasteiger partial charge in [0.1, 0.15) is 0 Å². The van der Waals surface area contributed by atoms with Crippen molar-refractivity contribution in [2.45, 2.75) is 51.7 Å². The SMILES string of the molecule is CCc1cc(C)c2c(ccn2S(=O)(=O)c2ccc(C)cc2)c1CN1Cc2ccc(C#N)cc2C1. The first-order valence-electron chi connectivity index (χ1n) is 11.5. The predicted molar refractivity (Wildman–Crippen MR) is 134 cm³/mol. The highest BCUT2D eigenvalue weighted by molar-refractivity contribution is 7.90. The van der Waals surface area contributed by atoms with Gasteiger partial charge >= 0.3 is 0 Å². The molecular weight excluding hydrogens is 442 g/mol. The molecule has 0 spiro atoms. The molecule has 2 heterocycles. The van der Waals surface area contributed by atoms with Gasteiger partial charge in [0.05, 0.1) is 22.0 Å². The van der Waals surface area contributed by atoms with Crippen LogP contribution in [0.2, 0.25) is 0 Å². The fourth-order valence-electron chi connectivity index (χ4n) is 5.03. The van der Waals surface area contributed by atoms with Crippen molar-refractivity contribution in [3.63, 3.8) is 0 Å². The summed E-state index contributed by atoms with van der Waals surface area (Å²) in [6.07, 6.45) is 2.56. The molecule has 1 aromatic heterocycles. The lowest BCUT2D eigenvalue weighted by Crippen LogP contribution is -2.17. The van der Waals surface area contributed by atoms with Crippen LogP contribution in [-0.2, 0) is 36.1 Å². The van der Waals surface area contributed by atoms with Crippen LogP contribution in [0.25, 0.3) is 10.9 Å². The summed E-state index contributed by atoms with van der Waals surface area (Å²) in [6, 6.07) is 19.2. The van der Waals surface area contributed by atoms with Gasteiger partial charge in [-0.1, -0.05) is 36.8 Å². The van der Waals surface area contributed by atoms with Gasteiger partial charge in [0.2, 0.25) is 0 Å². The molecule has 0 saturated heterocycles. The van der Waals surface area contributed by atoms with E-state index in [0.717, 1.165) is 48.1 Å². The van der Waals surface area contributed by atoms with Crippen molar-refractivity contribution in [3.8, 4) is 6.07 Å². The number of nitrogens with zero attached hydrogens (tertiary/aromatic N) is 3. The van der Waals surface area contributed by atoms with E-state index in [-0.39, 0.29) is 0 Å². The minimum atomic E-state index is -3.70. The fraction of sp³-hybridized carbons (Fsp3) is 0.250. The molecule has 0 fully saturated rings. The highest BCUT2D eigenvalue weighted by Crippen LogP contribution is 2.33. The van der Waals surface area contributed by atoms with Crippen molar-refractivity contribution >= 4 is 20.9 Å². The standard InChI is InChI=1S/C28H27N3O2S/c1-4-22-13-20(3)28-26(11-12-31(28)34(32,33)25-9-5-19(2)6-10-25)27(22)18-30-16-23-8-7-21(15-29)14-24(23)17-30/h5-14H,4,16-18H2,1-3H3. The van der Waals surface area contributed by atoms with E-state index in [1.54, 1.807) is 18.3 Å². The average molecular weight is 470 g/mol. The third-order valence-corrected chi connectivity index (χ3v) is 8.48. The summed E-state index contributed by atoms with van der Waals surface area (Å²) >= 11 is 0. The zero-order valence-electron chi connectivity index (χ0n) is 19.7. The predicted octanol–water partition coefficient (Wildman–Crippen LogP) is 5.45. The van der Waals surface area contributed by atoms with Crippen molar-refractivity contribution in [1.29, 1.82) is 5.26 Å². The van der Waals surface area contributed by atoms with Gasteiger partial charge < -0.3 is 0 Å². The van der Waals surface area contributed by atoms with E-state index in [2.05, 4.69) is 24.0 Å². The van der Waals surface area contributed by atoms with Crippen molar-refractivity contribution in [2.75, 3.05) is 0 Å². The van der Waals surface area contributed by atoms with Crippen LogP contribution >= 0.6 is 0 Å². The highest BCUT2D eigenvalue weighted by Gasteiger charge is 2.25. The van der Waals surface area contributed by atoms with E-state index in [0.29, 0.717) is 10.5 Å². The molecule has 5 nitrogen and oxygen atoms in total. The summed E-state index contributed by atoms with van der Waals surface area (Å²) in [5.41, 5.74) is 8.27. The molecule has 1 aliphatic heterocycles. The van der Waals surface area contributed by atoms with Crippen LogP contribution in [0.4, 0.5) is 0 Å². The zero-order valence-corrected chi connectivity index (χ0v) is 20.5. The number of benzene rings is 3. The van der Waals surface area contributed by atoms with Gasteiger partial charge in [0, 0.05) is 31.2 Å². The maximum atomic E-state index is 13.5. The first-order valence-corrected chi connectivity index (χ1v) is 12.9. The second kappa shape index (κ2) is 8.43. The second-order valence-corrected chi connectivity index (χ2v) is 10.9. The van der Waals surface area contributed by atoms with Crippen LogP contribution in [0.15, 0.2) is 65.7 Å². The molecule has 0 radical (unpaired) electrons. The molecule has 0 saturated carbocycles. The normalized spacial score (nSPS) is 13.8. The Bertz CT molecular complexity index is 1560. The first-order chi connectivity index (χ1) is 16.3. The van der Waals surface area contributed by atoms with Gasteiger partial charge in [0.25, 0.3) is 10.0 Å². The van der Waals surface area contributed by atoms with E-state index in [4.69, 9.17) is 0 Å². The number of aromatic nitrogens is 1. The van der Waals surface area contributed by atoms with Crippen molar-refractivity contribution in [3.05, 3.63) is 99.7 Å². The van der Waals surface area contributed by atoms with Gasteiger partial charge in [-0.3, -0.25) is 4.90 Å². The average Bonchev–Trinajstić information content (AvgIpc) is 3.45. The maximum absolute atomic E-state index is 13.5. The van der Waals surface area contributed by atoms with Crippen molar-refractivity contribution in [2.24, 2.45) is 0 Å². The minimum absolute atomic E-state index is 0.291. The molecular formula is C28H27N3O2S. The molecule has 172 valence electrons. The Morgan fingerprint density at radius 1 is 0.971 bits per heavy atom. The van der Waals surface area contributed by atoms with Crippen LogP contribution < -0.4 is 0 Å². The van der Waals surface area contributed by atoms with Crippen LogP contribution in [0.5, 0.6) is 0 Å². The molecule has 4 aromatic rings. The second-order valence-electron chi connectivity index (χ2n) is 9.12. The Labute approximate surface area is 200 Å². The summed E-state index contributed by atoms with van der Waals surface area (Å²) in [5, 5.41) is 10.2. The molecule has 34 heavy (non-hydrogen) atoms. The van der Waals surface area contributed by atoms with Gasteiger partial charge in [0.15, 0.2) is 0 Å². The summed E-state index contributed by atoms with van der Waals surface area (Å²) < 4.78 is 28.5. The van der Waals surface area contributed by atoms with Gasteiger partial charge in [-0.25, -0.2) is 12.4 Å². The van der Waals surface area contributed by atoms with E-state index in [1.165, 1.54) is 26.2 Å². The molecule has 6 heteroatoms. The van der Waals surface area contributed by atoms with Gasteiger partial charge in [-0.05, 0) is 78.4 Å². The summed E-state index contributed by atoms with van der Waals surface area (Å²) in [7, 11) is -3.70. The number of rotatable bonds is 5. The fourth-order valence-corrected chi connectivity index (χ4v) is 6.44. The molecule has 0 aliphatic carbocycles. The van der Waals surface area contributed by atoms with Gasteiger partial charge in [-0.15, -0.1) is 0 Å². The quantitative estimate of drug-likeness (QED) is 0.390. The summed E-state index contributed by atoms with van der Waals surface area (Å²) in [6.45, 7) is 8.41. The van der Waals surface area contributed by atoms with Crippen molar-refractivity contribution in [1.82, 2.24) is 8.87 Å². The molecule has 0 atom stereocenters. The Kier molecular flexibility index (Phi) is 5.55. The number of fused-ring (bicyclic) bond motifs is 2. The van der Waals surface area contributed by atoms with Gasteiger partial charge in [-0.2, -0.15) is 5.26 Å². The number of hydrogen-bond donors (Lipinski definition) is 0. The van der Waals surface area contributed by atoms with Crippen LogP contribution in [0.1, 0.15) is 45.9 Å². The molecule has 0 N–H and O–H groups in total. The molecule has 0 bridgehead atoms.